The molecule has 0 N–H and O–H groups in total. The molecular weight excluding hydrogens is 309 g/mol. The first-order valence-corrected chi connectivity index (χ1v) is 8.73. The van der Waals surface area contributed by atoms with Gasteiger partial charge >= 0.3 is 5.97 Å². The van der Waals surface area contributed by atoms with Crippen molar-refractivity contribution in [3.63, 3.8) is 0 Å². The van der Waals surface area contributed by atoms with Crippen LogP contribution in [-0.2, 0) is 19.6 Å². The topological polar surface area (TPSA) is 63.7 Å². The summed E-state index contributed by atoms with van der Waals surface area (Å²) in [5.74, 6) is -0.976. The van der Waals surface area contributed by atoms with Crippen LogP contribution in [-0.4, -0.2) is 38.4 Å². The zero-order valence-corrected chi connectivity index (χ0v) is 13.5. The van der Waals surface area contributed by atoms with Gasteiger partial charge in [0.25, 0.3) is 0 Å². The van der Waals surface area contributed by atoms with Crippen LogP contribution < -0.4 is 0 Å². The number of hydrogen-bond donors (Lipinski definition) is 0. The molecule has 0 bridgehead atoms. The van der Waals surface area contributed by atoms with Gasteiger partial charge in [-0.1, -0.05) is 0 Å². The minimum atomic E-state index is -3.66. The maximum atomic E-state index is 13.1. The molecule has 1 heterocycles. The third-order valence-corrected chi connectivity index (χ3v) is 5.89. The minimum Gasteiger partial charge on any atom is -0.466 e. The van der Waals surface area contributed by atoms with E-state index in [0.29, 0.717) is 25.0 Å². The van der Waals surface area contributed by atoms with E-state index in [0.717, 1.165) is 6.07 Å². The first-order valence-electron chi connectivity index (χ1n) is 7.29. The predicted molar refractivity (Wildman–Crippen MR) is 79.3 cm³/mol. The molecule has 0 amide bonds. The minimum absolute atomic E-state index is 0.114. The summed E-state index contributed by atoms with van der Waals surface area (Å²) in [6, 6.07) is 3.64. The van der Waals surface area contributed by atoms with Crippen molar-refractivity contribution in [2.24, 2.45) is 5.92 Å². The van der Waals surface area contributed by atoms with Gasteiger partial charge in [-0.25, -0.2) is 12.8 Å². The number of esters is 1. The van der Waals surface area contributed by atoms with Gasteiger partial charge in [0.2, 0.25) is 10.0 Å². The molecule has 122 valence electrons. The van der Waals surface area contributed by atoms with Crippen molar-refractivity contribution in [1.82, 2.24) is 4.31 Å². The average Bonchev–Trinajstić information content (AvgIpc) is 2.47. The van der Waals surface area contributed by atoms with E-state index in [4.69, 9.17) is 4.74 Å². The molecule has 1 saturated heterocycles. The van der Waals surface area contributed by atoms with E-state index < -0.39 is 15.8 Å². The number of hydrogen-bond acceptors (Lipinski definition) is 4. The maximum Gasteiger partial charge on any atom is 0.309 e. The summed E-state index contributed by atoms with van der Waals surface area (Å²) in [5.41, 5.74) is 0.382. The van der Waals surface area contributed by atoms with E-state index in [1.807, 2.05) is 0 Å². The number of halogens is 1. The van der Waals surface area contributed by atoms with Gasteiger partial charge in [-0.05, 0) is 50.5 Å². The smallest absolute Gasteiger partial charge is 0.309 e. The Hall–Kier alpha value is -1.47. The van der Waals surface area contributed by atoms with Gasteiger partial charge in [-0.2, -0.15) is 4.31 Å². The van der Waals surface area contributed by atoms with Crippen LogP contribution in [0.1, 0.15) is 25.3 Å². The van der Waals surface area contributed by atoms with Crippen LogP contribution in [0.5, 0.6) is 0 Å². The number of carbonyl (C=O) groups is 1. The SMILES string of the molecule is CCOC(=O)C1CCN(S(=O)(=O)c2ccc(F)cc2C)CC1. The number of benzene rings is 1. The van der Waals surface area contributed by atoms with E-state index in [1.165, 1.54) is 16.4 Å². The molecule has 0 radical (unpaired) electrons. The Morgan fingerprint density at radius 3 is 2.55 bits per heavy atom. The van der Waals surface area contributed by atoms with Crippen LogP contribution in [0.25, 0.3) is 0 Å². The molecule has 0 unspecified atom stereocenters. The third-order valence-electron chi connectivity index (χ3n) is 3.83. The molecule has 1 aromatic rings. The lowest BCUT2D eigenvalue weighted by molar-refractivity contribution is -0.149. The van der Waals surface area contributed by atoms with Gasteiger partial charge < -0.3 is 4.74 Å². The number of nitrogens with zero attached hydrogens (tertiary/aromatic N) is 1. The lowest BCUT2D eigenvalue weighted by atomic mass is 9.98. The Morgan fingerprint density at radius 2 is 2.00 bits per heavy atom. The van der Waals surface area contributed by atoms with E-state index in [1.54, 1.807) is 13.8 Å². The van der Waals surface area contributed by atoms with Crippen LogP contribution in [0.15, 0.2) is 23.1 Å². The van der Waals surface area contributed by atoms with Crippen LogP contribution in [0.3, 0.4) is 0 Å². The van der Waals surface area contributed by atoms with Crippen LogP contribution in [0.2, 0.25) is 0 Å². The van der Waals surface area contributed by atoms with Crippen molar-refractivity contribution in [3.05, 3.63) is 29.6 Å². The molecule has 2 rings (SSSR count). The standard InChI is InChI=1S/C15H20FNO4S/c1-3-21-15(18)12-6-8-17(9-7-12)22(19,20)14-5-4-13(16)10-11(14)2/h4-5,10,12H,3,6-9H2,1-2H3. The van der Waals surface area contributed by atoms with Crippen molar-refractivity contribution < 1.29 is 22.3 Å². The molecule has 1 aliphatic rings. The van der Waals surface area contributed by atoms with Crippen LogP contribution >= 0.6 is 0 Å². The fourth-order valence-corrected chi connectivity index (χ4v) is 4.31. The predicted octanol–water partition coefficient (Wildman–Crippen LogP) is 2.10. The molecule has 5 nitrogen and oxygen atoms in total. The van der Waals surface area contributed by atoms with Gasteiger partial charge in [-0.3, -0.25) is 4.79 Å². The van der Waals surface area contributed by atoms with E-state index >= 15 is 0 Å². The van der Waals surface area contributed by atoms with E-state index in [2.05, 4.69) is 0 Å². The molecule has 7 heteroatoms. The number of ether oxygens (including phenoxy) is 1. The second-order valence-electron chi connectivity index (χ2n) is 5.34. The summed E-state index contributed by atoms with van der Waals surface area (Å²) < 4.78 is 44.7. The van der Waals surface area contributed by atoms with Crippen molar-refractivity contribution in [2.45, 2.75) is 31.6 Å². The number of carbonyl (C=O) groups excluding carboxylic acids is 1. The highest BCUT2D eigenvalue weighted by molar-refractivity contribution is 7.89. The number of sulfonamides is 1. The van der Waals surface area contributed by atoms with Crippen molar-refractivity contribution in [3.8, 4) is 0 Å². The summed E-state index contributed by atoms with van der Waals surface area (Å²) in [4.78, 5) is 11.8. The largest absolute Gasteiger partial charge is 0.466 e. The summed E-state index contributed by atoms with van der Waals surface area (Å²) in [6.07, 6.45) is 0.886. The molecular formula is C15H20FNO4S. The van der Waals surface area contributed by atoms with Gasteiger partial charge in [0, 0.05) is 13.1 Å². The van der Waals surface area contributed by atoms with Crippen molar-refractivity contribution in [2.75, 3.05) is 19.7 Å². The monoisotopic (exact) mass is 329 g/mol. The summed E-state index contributed by atoms with van der Waals surface area (Å²) in [7, 11) is -3.66. The first-order chi connectivity index (χ1) is 10.4. The maximum absolute atomic E-state index is 13.1. The quantitative estimate of drug-likeness (QED) is 0.794. The number of piperidine rings is 1. The second kappa shape index (κ2) is 6.75. The van der Waals surface area contributed by atoms with Crippen LogP contribution in [0.4, 0.5) is 4.39 Å². The van der Waals surface area contributed by atoms with Crippen molar-refractivity contribution >= 4 is 16.0 Å². The summed E-state index contributed by atoms with van der Waals surface area (Å²) >= 11 is 0. The van der Waals surface area contributed by atoms with Gasteiger partial charge in [0.15, 0.2) is 0 Å². The number of aryl methyl sites for hydroxylation is 1. The fourth-order valence-electron chi connectivity index (χ4n) is 2.63. The number of rotatable bonds is 4. The molecule has 1 aromatic carbocycles. The van der Waals surface area contributed by atoms with Crippen LogP contribution in [0, 0.1) is 18.7 Å². The summed E-state index contributed by atoms with van der Waals surface area (Å²) in [6.45, 7) is 4.17. The Morgan fingerprint density at radius 1 is 1.36 bits per heavy atom. The second-order valence-corrected chi connectivity index (χ2v) is 7.25. The summed E-state index contributed by atoms with van der Waals surface area (Å²) in [5, 5.41) is 0. The highest BCUT2D eigenvalue weighted by Crippen LogP contribution is 2.26. The Labute approximate surface area is 130 Å². The third kappa shape index (κ3) is 3.47. The van der Waals surface area contributed by atoms with Crippen molar-refractivity contribution in [1.29, 1.82) is 0 Å². The molecule has 0 spiro atoms. The fraction of sp³-hybridized carbons (Fsp3) is 0.533. The Balaban J connectivity index is 2.11. The Bertz CT molecular complexity index is 652. The van der Waals surface area contributed by atoms with Gasteiger partial charge in [0.1, 0.15) is 5.82 Å². The molecule has 1 aliphatic heterocycles. The molecule has 0 aromatic heterocycles. The van der Waals surface area contributed by atoms with Gasteiger partial charge in [-0.15, -0.1) is 0 Å². The molecule has 0 saturated carbocycles. The highest BCUT2D eigenvalue weighted by atomic mass is 32.2. The first kappa shape index (κ1) is 16.9. The van der Waals surface area contributed by atoms with Gasteiger partial charge in [0.05, 0.1) is 17.4 Å². The lowest BCUT2D eigenvalue weighted by Gasteiger charge is -2.30. The van der Waals surface area contributed by atoms with E-state index in [-0.39, 0.29) is 29.9 Å². The molecule has 0 aliphatic carbocycles. The highest BCUT2D eigenvalue weighted by Gasteiger charge is 2.33. The molecule has 0 atom stereocenters. The molecule has 22 heavy (non-hydrogen) atoms. The normalized spacial score (nSPS) is 17.4. The zero-order chi connectivity index (χ0) is 16.3. The zero-order valence-electron chi connectivity index (χ0n) is 12.7. The van der Waals surface area contributed by atoms with E-state index in [9.17, 15) is 17.6 Å². The lowest BCUT2D eigenvalue weighted by Crippen LogP contribution is -2.40. The molecule has 1 fully saturated rings. The Kier molecular flexibility index (Phi) is 5.18. The average molecular weight is 329 g/mol.